The summed E-state index contributed by atoms with van der Waals surface area (Å²) in [7, 11) is 0. The van der Waals surface area contributed by atoms with E-state index in [1.165, 1.54) is 0 Å². The first-order valence-corrected chi connectivity index (χ1v) is 9.02. The van der Waals surface area contributed by atoms with Crippen LogP contribution < -0.4 is 10.6 Å². The summed E-state index contributed by atoms with van der Waals surface area (Å²) in [5.74, 6) is -0.748. The standard InChI is InChI=1S/C20H30N2O4/c1-13(2)11-17(23)22-18(16-9-7-6-8-10-16)19(24)21-15(5)20(25)26-12-14(3)4/h6-10,13-15,18H,11-12H2,1-5H3,(H,21,24)(H,22,23)/t15-,18-/m0/s1. The van der Waals surface area contributed by atoms with Crippen LogP contribution >= 0.6 is 0 Å². The maximum absolute atomic E-state index is 12.7. The smallest absolute Gasteiger partial charge is 0.328 e. The van der Waals surface area contributed by atoms with Gasteiger partial charge in [0, 0.05) is 6.42 Å². The van der Waals surface area contributed by atoms with Crippen LogP contribution in [0.25, 0.3) is 0 Å². The Balaban J connectivity index is 2.81. The molecule has 0 aliphatic heterocycles. The van der Waals surface area contributed by atoms with Crippen LogP contribution in [0.4, 0.5) is 0 Å². The Labute approximate surface area is 155 Å². The number of hydrogen-bond acceptors (Lipinski definition) is 4. The molecule has 1 aromatic carbocycles. The number of hydrogen-bond donors (Lipinski definition) is 2. The number of carbonyl (C=O) groups is 3. The fourth-order valence-electron chi connectivity index (χ4n) is 2.27. The van der Waals surface area contributed by atoms with E-state index in [-0.39, 0.29) is 17.7 Å². The van der Waals surface area contributed by atoms with E-state index in [4.69, 9.17) is 4.74 Å². The topological polar surface area (TPSA) is 84.5 Å². The number of carbonyl (C=O) groups excluding carboxylic acids is 3. The molecule has 2 N–H and O–H groups in total. The second-order valence-corrected chi connectivity index (χ2v) is 7.26. The molecule has 0 unspecified atom stereocenters. The number of nitrogens with one attached hydrogen (secondary N) is 2. The summed E-state index contributed by atoms with van der Waals surface area (Å²) in [6.07, 6.45) is 0.322. The minimum absolute atomic E-state index is 0.180. The summed E-state index contributed by atoms with van der Waals surface area (Å²) in [5.41, 5.74) is 0.657. The van der Waals surface area contributed by atoms with Crippen LogP contribution in [0.5, 0.6) is 0 Å². The zero-order valence-corrected chi connectivity index (χ0v) is 16.2. The summed E-state index contributed by atoms with van der Waals surface area (Å²) < 4.78 is 5.14. The van der Waals surface area contributed by atoms with E-state index >= 15 is 0 Å². The molecular formula is C20H30N2O4. The van der Waals surface area contributed by atoms with Crippen molar-refractivity contribution in [2.45, 2.75) is 53.1 Å². The van der Waals surface area contributed by atoms with Crippen molar-refractivity contribution < 1.29 is 19.1 Å². The van der Waals surface area contributed by atoms with Crippen molar-refractivity contribution in [1.82, 2.24) is 10.6 Å². The lowest BCUT2D eigenvalue weighted by Crippen LogP contribution is -2.46. The Bertz CT molecular complexity index is 599. The molecule has 144 valence electrons. The molecule has 0 saturated heterocycles. The van der Waals surface area contributed by atoms with Crippen LogP contribution in [0, 0.1) is 11.8 Å². The molecule has 6 heteroatoms. The minimum atomic E-state index is -0.859. The predicted octanol–water partition coefficient (Wildman–Crippen LogP) is 2.59. The second-order valence-electron chi connectivity index (χ2n) is 7.26. The van der Waals surface area contributed by atoms with Gasteiger partial charge in [0.2, 0.25) is 11.8 Å². The van der Waals surface area contributed by atoms with Crippen LogP contribution in [0.15, 0.2) is 30.3 Å². The van der Waals surface area contributed by atoms with Crippen LogP contribution in [0.1, 0.15) is 52.6 Å². The maximum Gasteiger partial charge on any atom is 0.328 e. The number of benzene rings is 1. The van der Waals surface area contributed by atoms with Gasteiger partial charge in [-0.2, -0.15) is 0 Å². The molecule has 6 nitrogen and oxygen atoms in total. The third kappa shape index (κ3) is 7.68. The van der Waals surface area contributed by atoms with Crippen molar-refractivity contribution in [2.24, 2.45) is 11.8 Å². The SMILES string of the molecule is CC(C)COC(=O)[C@H](C)NC(=O)[C@@H](NC(=O)CC(C)C)c1ccccc1. The molecular weight excluding hydrogens is 332 g/mol. The average molecular weight is 362 g/mol. The van der Waals surface area contributed by atoms with Gasteiger partial charge in [0.05, 0.1) is 6.61 Å². The third-order valence-electron chi connectivity index (χ3n) is 3.57. The Morgan fingerprint density at radius 2 is 1.54 bits per heavy atom. The van der Waals surface area contributed by atoms with E-state index in [0.717, 1.165) is 0 Å². The summed E-state index contributed by atoms with van der Waals surface area (Å²) in [6, 6.07) is 7.30. The van der Waals surface area contributed by atoms with Crippen LogP contribution in [0.3, 0.4) is 0 Å². The fraction of sp³-hybridized carbons (Fsp3) is 0.550. The molecule has 1 rings (SSSR count). The molecule has 26 heavy (non-hydrogen) atoms. The average Bonchev–Trinajstić information content (AvgIpc) is 2.57. The molecule has 0 saturated carbocycles. The normalized spacial score (nSPS) is 13.2. The van der Waals surface area contributed by atoms with Gasteiger partial charge in [-0.1, -0.05) is 58.0 Å². The van der Waals surface area contributed by atoms with Gasteiger partial charge in [-0.25, -0.2) is 4.79 Å². The fourth-order valence-corrected chi connectivity index (χ4v) is 2.27. The summed E-state index contributed by atoms with van der Waals surface area (Å²) in [5, 5.41) is 5.39. The molecule has 0 aliphatic rings. The second kappa shape index (κ2) is 10.6. The van der Waals surface area contributed by atoms with E-state index in [0.29, 0.717) is 18.6 Å². The highest BCUT2D eigenvalue weighted by Gasteiger charge is 2.26. The Morgan fingerprint density at radius 3 is 2.08 bits per heavy atom. The van der Waals surface area contributed by atoms with Crippen LogP contribution in [-0.4, -0.2) is 30.4 Å². The lowest BCUT2D eigenvalue weighted by Gasteiger charge is -2.22. The van der Waals surface area contributed by atoms with Gasteiger partial charge in [0.1, 0.15) is 12.1 Å². The highest BCUT2D eigenvalue weighted by molar-refractivity contribution is 5.91. The van der Waals surface area contributed by atoms with Crippen molar-refractivity contribution in [1.29, 1.82) is 0 Å². The van der Waals surface area contributed by atoms with E-state index in [2.05, 4.69) is 10.6 Å². The van der Waals surface area contributed by atoms with E-state index in [1.807, 2.05) is 33.8 Å². The first-order valence-electron chi connectivity index (χ1n) is 9.02. The van der Waals surface area contributed by atoms with Gasteiger partial charge in [0.25, 0.3) is 0 Å². The van der Waals surface area contributed by atoms with E-state index < -0.39 is 24.0 Å². The van der Waals surface area contributed by atoms with Gasteiger partial charge < -0.3 is 15.4 Å². The Morgan fingerprint density at radius 1 is 0.923 bits per heavy atom. The zero-order chi connectivity index (χ0) is 19.7. The largest absolute Gasteiger partial charge is 0.464 e. The predicted molar refractivity (Wildman–Crippen MR) is 100 cm³/mol. The van der Waals surface area contributed by atoms with Gasteiger partial charge >= 0.3 is 5.97 Å². The highest BCUT2D eigenvalue weighted by atomic mass is 16.5. The molecule has 2 atom stereocenters. The highest BCUT2D eigenvalue weighted by Crippen LogP contribution is 2.14. The summed E-state index contributed by atoms with van der Waals surface area (Å²) >= 11 is 0. The van der Waals surface area contributed by atoms with Gasteiger partial charge in [-0.3, -0.25) is 9.59 Å². The van der Waals surface area contributed by atoms with Crippen LogP contribution in [0.2, 0.25) is 0 Å². The molecule has 0 spiro atoms. The van der Waals surface area contributed by atoms with E-state index in [9.17, 15) is 14.4 Å². The van der Waals surface area contributed by atoms with Gasteiger partial charge in [-0.15, -0.1) is 0 Å². The lowest BCUT2D eigenvalue weighted by molar-refractivity contribution is -0.148. The molecule has 0 heterocycles. The first-order chi connectivity index (χ1) is 12.2. The molecule has 0 fully saturated rings. The third-order valence-corrected chi connectivity index (χ3v) is 3.57. The Hall–Kier alpha value is -2.37. The number of esters is 1. The molecule has 0 aliphatic carbocycles. The number of amides is 2. The molecule has 1 aromatic rings. The van der Waals surface area contributed by atoms with Crippen LogP contribution in [-0.2, 0) is 19.1 Å². The quantitative estimate of drug-likeness (QED) is 0.661. The van der Waals surface area contributed by atoms with Crippen molar-refractivity contribution >= 4 is 17.8 Å². The van der Waals surface area contributed by atoms with Crippen molar-refractivity contribution in [3.05, 3.63) is 35.9 Å². The molecule has 0 aromatic heterocycles. The summed E-state index contributed by atoms with van der Waals surface area (Å²) in [6.45, 7) is 9.61. The summed E-state index contributed by atoms with van der Waals surface area (Å²) in [4.78, 5) is 36.8. The molecule has 2 amide bonds. The van der Waals surface area contributed by atoms with Crippen molar-refractivity contribution in [3.63, 3.8) is 0 Å². The first kappa shape index (κ1) is 21.7. The van der Waals surface area contributed by atoms with Gasteiger partial charge in [0.15, 0.2) is 0 Å². The molecule has 0 bridgehead atoms. The molecule has 0 radical (unpaired) electrons. The van der Waals surface area contributed by atoms with Crippen molar-refractivity contribution in [3.8, 4) is 0 Å². The number of ether oxygens (including phenoxy) is 1. The number of rotatable bonds is 9. The van der Waals surface area contributed by atoms with Gasteiger partial charge in [-0.05, 0) is 24.3 Å². The van der Waals surface area contributed by atoms with Crippen molar-refractivity contribution in [2.75, 3.05) is 6.61 Å². The minimum Gasteiger partial charge on any atom is -0.464 e. The zero-order valence-electron chi connectivity index (χ0n) is 16.2. The monoisotopic (exact) mass is 362 g/mol. The lowest BCUT2D eigenvalue weighted by atomic mass is 10.0. The van der Waals surface area contributed by atoms with E-state index in [1.54, 1.807) is 31.2 Å². The maximum atomic E-state index is 12.7. The Kier molecular flexibility index (Phi) is 8.82.